The molecular formula is C23H28BrN3O2. The number of benzene rings is 2. The van der Waals surface area contributed by atoms with Crippen molar-refractivity contribution in [3.63, 3.8) is 0 Å². The standard InChI is InChI=1S/C23H28BrN3O2/c1-4-5-6-11-27(15-16-7-9-18(28-2)13-22(16)29-3)23-19-10-8-17(24)12-21(19)26-14-20(23)25/h7-10,12-14H,4-6,11,15,25H2,1-3H3. The molecule has 0 spiro atoms. The fourth-order valence-electron chi connectivity index (χ4n) is 3.53. The number of nitrogens with two attached hydrogens (primary N) is 1. The van der Waals surface area contributed by atoms with Crippen molar-refractivity contribution in [1.29, 1.82) is 0 Å². The number of methoxy groups -OCH3 is 2. The summed E-state index contributed by atoms with van der Waals surface area (Å²) in [7, 11) is 3.35. The number of aromatic nitrogens is 1. The Balaban J connectivity index is 2.05. The summed E-state index contributed by atoms with van der Waals surface area (Å²) in [6.45, 7) is 3.81. The van der Waals surface area contributed by atoms with E-state index in [0.717, 1.165) is 51.1 Å². The third kappa shape index (κ3) is 4.93. The third-order valence-electron chi connectivity index (χ3n) is 5.03. The highest BCUT2D eigenvalue weighted by molar-refractivity contribution is 9.10. The summed E-state index contributed by atoms with van der Waals surface area (Å²) in [4.78, 5) is 6.86. The molecule has 6 heteroatoms. The van der Waals surface area contributed by atoms with Gasteiger partial charge in [0.15, 0.2) is 0 Å². The maximum absolute atomic E-state index is 6.43. The Bertz CT molecular complexity index is 978. The van der Waals surface area contributed by atoms with E-state index in [1.807, 2.05) is 24.3 Å². The molecule has 3 aromatic rings. The Hall–Kier alpha value is -2.47. The van der Waals surface area contributed by atoms with E-state index in [2.05, 4.69) is 44.9 Å². The van der Waals surface area contributed by atoms with Crippen LogP contribution in [0.3, 0.4) is 0 Å². The predicted molar refractivity (Wildman–Crippen MR) is 124 cm³/mol. The molecule has 154 valence electrons. The van der Waals surface area contributed by atoms with Crippen molar-refractivity contribution in [1.82, 2.24) is 4.98 Å². The normalized spacial score (nSPS) is 10.9. The zero-order valence-electron chi connectivity index (χ0n) is 17.2. The molecule has 0 saturated heterocycles. The van der Waals surface area contributed by atoms with E-state index in [-0.39, 0.29) is 0 Å². The molecule has 0 amide bonds. The van der Waals surface area contributed by atoms with E-state index in [4.69, 9.17) is 15.2 Å². The molecule has 3 rings (SSSR count). The summed E-state index contributed by atoms with van der Waals surface area (Å²) in [5.74, 6) is 1.59. The minimum Gasteiger partial charge on any atom is -0.497 e. The third-order valence-corrected chi connectivity index (χ3v) is 5.53. The van der Waals surface area contributed by atoms with Crippen molar-refractivity contribution in [3.8, 4) is 11.5 Å². The van der Waals surface area contributed by atoms with Gasteiger partial charge in [0.1, 0.15) is 11.5 Å². The van der Waals surface area contributed by atoms with E-state index in [1.54, 1.807) is 20.4 Å². The first-order valence-corrected chi connectivity index (χ1v) is 10.7. The van der Waals surface area contributed by atoms with E-state index >= 15 is 0 Å². The molecule has 0 saturated carbocycles. The Kier molecular flexibility index (Phi) is 7.20. The molecule has 1 aromatic heterocycles. The number of halogens is 1. The number of hydrogen-bond acceptors (Lipinski definition) is 5. The molecule has 0 aliphatic carbocycles. The average molecular weight is 458 g/mol. The second-order valence-corrected chi connectivity index (χ2v) is 7.95. The van der Waals surface area contributed by atoms with Crippen LogP contribution in [0.15, 0.2) is 47.1 Å². The Morgan fingerprint density at radius 3 is 2.62 bits per heavy atom. The second-order valence-electron chi connectivity index (χ2n) is 7.03. The van der Waals surface area contributed by atoms with Gasteiger partial charge in [-0.05, 0) is 36.8 Å². The number of anilines is 2. The van der Waals surface area contributed by atoms with Crippen LogP contribution in [0, 0.1) is 0 Å². The molecule has 5 nitrogen and oxygen atoms in total. The van der Waals surface area contributed by atoms with Crippen LogP contribution in [0.25, 0.3) is 10.9 Å². The lowest BCUT2D eigenvalue weighted by Crippen LogP contribution is -2.25. The van der Waals surface area contributed by atoms with Gasteiger partial charge in [0, 0.05) is 34.6 Å². The van der Waals surface area contributed by atoms with Crippen molar-refractivity contribution in [2.24, 2.45) is 0 Å². The van der Waals surface area contributed by atoms with Crippen molar-refractivity contribution in [2.45, 2.75) is 32.7 Å². The second kappa shape index (κ2) is 9.83. The Labute approximate surface area is 181 Å². The first-order chi connectivity index (χ1) is 14.1. The lowest BCUT2D eigenvalue weighted by atomic mass is 10.1. The van der Waals surface area contributed by atoms with Gasteiger partial charge in [-0.15, -0.1) is 0 Å². The van der Waals surface area contributed by atoms with Crippen LogP contribution in [-0.4, -0.2) is 25.7 Å². The minimum atomic E-state index is 0.684. The summed E-state index contributed by atoms with van der Waals surface area (Å²) in [5.41, 5.74) is 10.2. The van der Waals surface area contributed by atoms with Crippen LogP contribution >= 0.6 is 15.9 Å². The van der Waals surface area contributed by atoms with Crippen molar-refractivity contribution in [3.05, 3.63) is 52.6 Å². The predicted octanol–water partition coefficient (Wildman–Crippen LogP) is 5.79. The smallest absolute Gasteiger partial charge is 0.127 e. The summed E-state index contributed by atoms with van der Waals surface area (Å²) in [6.07, 6.45) is 5.18. The topological polar surface area (TPSA) is 60.6 Å². The van der Waals surface area contributed by atoms with E-state index < -0.39 is 0 Å². The van der Waals surface area contributed by atoms with Crippen LogP contribution in [0.2, 0.25) is 0 Å². The average Bonchev–Trinajstić information content (AvgIpc) is 2.73. The lowest BCUT2D eigenvalue weighted by Gasteiger charge is -2.28. The highest BCUT2D eigenvalue weighted by Crippen LogP contribution is 2.35. The van der Waals surface area contributed by atoms with Crippen LogP contribution in [0.1, 0.15) is 31.7 Å². The van der Waals surface area contributed by atoms with Gasteiger partial charge < -0.3 is 20.1 Å². The summed E-state index contributed by atoms with van der Waals surface area (Å²) in [6, 6.07) is 12.1. The number of nitrogens with zero attached hydrogens (tertiary/aromatic N) is 2. The van der Waals surface area contributed by atoms with Gasteiger partial charge in [-0.25, -0.2) is 0 Å². The fraction of sp³-hybridized carbons (Fsp3) is 0.348. The number of ether oxygens (including phenoxy) is 2. The maximum Gasteiger partial charge on any atom is 0.127 e. The number of rotatable bonds is 9. The van der Waals surface area contributed by atoms with Crippen molar-refractivity contribution < 1.29 is 9.47 Å². The number of fused-ring (bicyclic) bond motifs is 1. The SMILES string of the molecule is CCCCCN(Cc1ccc(OC)cc1OC)c1c(N)cnc2cc(Br)ccc12. The molecule has 2 N–H and O–H groups in total. The van der Waals surface area contributed by atoms with Gasteiger partial charge in [0.05, 0.1) is 37.3 Å². The molecule has 0 bridgehead atoms. The Morgan fingerprint density at radius 1 is 1.07 bits per heavy atom. The molecule has 0 unspecified atom stereocenters. The van der Waals surface area contributed by atoms with Crippen molar-refractivity contribution in [2.75, 3.05) is 31.4 Å². The first kappa shape index (κ1) is 21.2. The maximum atomic E-state index is 6.43. The number of pyridine rings is 1. The quantitative estimate of drug-likeness (QED) is 0.411. The molecule has 29 heavy (non-hydrogen) atoms. The van der Waals surface area contributed by atoms with E-state index in [0.29, 0.717) is 12.2 Å². The monoisotopic (exact) mass is 457 g/mol. The van der Waals surface area contributed by atoms with E-state index in [9.17, 15) is 0 Å². The number of unbranched alkanes of at least 4 members (excludes halogenated alkanes) is 2. The van der Waals surface area contributed by atoms with Gasteiger partial charge in [0.2, 0.25) is 0 Å². The number of nitrogen functional groups attached to an aromatic ring is 1. The van der Waals surface area contributed by atoms with Gasteiger partial charge in [-0.1, -0.05) is 35.7 Å². The van der Waals surface area contributed by atoms with Gasteiger partial charge >= 0.3 is 0 Å². The molecular weight excluding hydrogens is 430 g/mol. The minimum absolute atomic E-state index is 0.684. The van der Waals surface area contributed by atoms with Gasteiger partial charge in [0.25, 0.3) is 0 Å². The van der Waals surface area contributed by atoms with Crippen molar-refractivity contribution >= 4 is 38.2 Å². The van der Waals surface area contributed by atoms with Crippen LogP contribution in [-0.2, 0) is 6.54 Å². The first-order valence-electron chi connectivity index (χ1n) is 9.87. The van der Waals surface area contributed by atoms with Crippen LogP contribution in [0.4, 0.5) is 11.4 Å². The van der Waals surface area contributed by atoms with Crippen LogP contribution in [0.5, 0.6) is 11.5 Å². The largest absolute Gasteiger partial charge is 0.497 e. The molecule has 0 aliphatic heterocycles. The zero-order chi connectivity index (χ0) is 20.8. The molecule has 0 fully saturated rings. The summed E-state index contributed by atoms with van der Waals surface area (Å²) in [5, 5.41) is 1.05. The van der Waals surface area contributed by atoms with Crippen LogP contribution < -0.4 is 20.1 Å². The number of hydrogen-bond donors (Lipinski definition) is 1. The van der Waals surface area contributed by atoms with E-state index in [1.165, 1.54) is 12.8 Å². The molecule has 0 atom stereocenters. The molecule has 0 aliphatic rings. The lowest BCUT2D eigenvalue weighted by molar-refractivity contribution is 0.390. The van der Waals surface area contributed by atoms with Gasteiger partial charge in [-0.2, -0.15) is 0 Å². The molecule has 2 aromatic carbocycles. The zero-order valence-corrected chi connectivity index (χ0v) is 18.8. The summed E-state index contributed by atoms with van der Waals surface area (Å²) >= 11 is 3.54. The molecule has 0 radical (unpaired) electrons. The fourth-order valence-corrected chi connectivity index (χ4v) is 3.88. The highest BCUT2D eigenvalue weighted by atomic mass is 79.9. The van der Waals surface area contributed by atoms with Gasteiger partial charge in [-0.3, -0.25) is 4.98 Å². The molecule has 1 heterocycles. The summed E-state index contributed by atoms with van der Waals surface area (Å²) < 4.78 is 12.0. The highest BCUT2D eigenvalue weighted by Gasteiger charge is 2.17. The Morgan fingerprint density at radius 2 is 1.90 bits per heavy atom.